The van der Waals surface area contributed by atoms with Crippen LogP contribution in [0, 0.1) is 5.92 Å². The van der Waals surface area contributed by atoms with Crippen molar-refractivity contribution in [2.45, 2.75) is 52.7 Å². The van der Waals surface area contributed by atoms with E-state index in [4.69, 9.17) is 9.41 Å². The summed E-state index contributed by atoms with van der Waals surface area (Å²) in [7, 11) is 2.10. The van der Waals surface area contributed by atoms with Crippen LogP contribution < -0.4 is 10.6 Å². The SMILES string of the molecule is CCCC(CCO)CNC(=NCc1ccccc1CN(C)Cc1ccco1)NCC. The van der Waals surface area contributed by atoms with Crippen LogP contribution in [0.3, 0.4) is 0 Å². The molecule has 1 atom stereocenters. The van der Waals surface area contributed by atoms with E-state index in [1.807, 2.05) is 12.1 Å². The number of nitrogens with one attached hydrogen (secondary N) is 2. The summed E-state index contributed by atoms with van der Waals surface area (Å²) in [4.78, 5) is 7.06. The Kier molecular flexibility index (Phi) is 11.0. The monoisotopic (exact) mass is 414 g/mol. The van der Waals surface area contributed by atoms with E-state index in [9.17, 15) is 5.11 Å². The molecule has 0 fully saturated rings. The van der Waals surface area contributed by atoms with Crippen LogP contribution >= 0.6 is 0 Å². The number of aliphatic hydroxyl groups is 1. The topological polar surface area (TPSA) is 73.0 Å². The minimum atomic E-state index is 0.235. The molecule has 0 aliphatic rings. The molecule has 6 nitrogen and oxygen atoms in total. The Balaban J connectivity index is 1.99. The molecule has 3 N–H and O–H groups in total. The fourth-order valence-corrected chi connectivity index (χ4v) is 3.57. The molecule has 0 radical (unpaired) electrons. The third kappa shape index (κ3) is 8.59. The Labute approximate surface area is 181 Å². The number of hydrogen-bond donors (Lipinski definition) is 3. The van der Waals surface area contributed by atoms with E-state index >= 15 is 0 Å². The Morgan fingerprint density at radius 3 is 2.53 bits per heavy atom. The lowest BCUT2D eigenvalue weighted by Crippen LogP contribution is -2.40. The maximum Gasteiger partial charge on any atom is 0.191 e. The minimum absolute atomic E-state index is 0.235. The van der Waals surface area contributed by atoms with Gasteiger partial charge in [0.15, 0.2) is 5.96 Å². The summed E-state index contributed by atoms with van der Waals surface area (Å²) in [6, 6.07) is 12.4. The molecule has 30 heavy (non-hydrogen) atoms. The van der Waals surface area contributed by atoms with Gasteiger partial charge in [-0.05, 0) is 56.0 Å². The van der Waals surface area contributed by atoms with Gasteiger partial charge in [0.2, 0.25) is 0 Å². The zero-order valence-corrected chi connectivity index (χ0v) is 18.7. The molecule has 1 heterocycles. The summed E-state index contributed by atoms with van der Waals surface area (Å²) in [5.41, 5.74) is 2.50. The predicted molar refractivity (Wildman–Crippen MR) is 123 cm³/mol. The number of nitrogens with zero attached hydrogens (tertiary/aromatic N) is 2. The van der Waals surface area contributed by atoms with Crippen molar-refractivity contribution in [3.8, 4) is 0 Å². The highest BCUT2D eigenvalue weighted by Gasteiger charge is 2.10. The van der Waals surface area contributed by atoms with Crippen LogP contribution in [0.5, 0.6) is 0 Å². The molecule has 166 valence electrons. The molecule has 0 aliphatic carbocycles. The molecular formula is C24H38N4O2. The van der Waals surface area contributed by atoms with Gasteiger partial charge in [-0.2, -0.15) is 0 Å². The first-order valence-corrected chi connectivity index (χ1v) is 11.1. The number of benzene rings is 1. The van der Waals surface area contributed by atoms with Gasteiger partial charge in [0, 0.05) is 26.2 Å². The highest BCUT2D eigenvalue weighted by molar-refractivity contribution is 5.79. The third-order valence-electron chi connectivity index (χ3n) is 5.11. The van der Waals surface area contributed by atoms with Gasteiger partial charge < -0.3 is 20.2 Å². The smallest absolute Gasteiger partial charge is 0.191 e. The second-order valence-electron chi connectivity index (χ2n) is 7.76. The number of rotatable bonds is 13. The van der Waals surface area contributed by atoms with E-state index in [2.05, 4.69) is 60.7 Å². The zero-order chi connectivity index (χ0) is 21.6. The van der Waals surface area contributed by atoms with Crippen molar-refractivity contribution < 1.29 is 9.52 Å². The summed E-state index contributed by atoms with van der Waals surface area (Å²) < 4.78 is 5.46. The number of aliphatic hydroxyl groups excluding tert-OH is 1. The molecule has 1 aromatic carbocycles. The molecule has 0 aliphatic heterocycles. The van der Waals surface area contributed by atoms with Crippen LogP contribution in [-0.2, 0) is 19.6 Å². The molecule has 0 bridgehead atoms. The Morgan fingerprint density at radius 1 is 1.07 bits per heavy atom. The fourth-order valence-electron chi connectivity index (χ4n) is 3.57. The van der Waals surface area contributed by atoms with Crippen LogP contribution in [-0.4, -0.2) is 42.7 Å². The van der Waals surface area contributed by atoms with Crippen LogP contribution in [0.15, 0.2) is 52.1 Å². The van der Waals surface area contributed by atoms with Crippen molar-refractivity contribution in [3.05, 3.63) is 59.5 Å². The fraction of sp³-hybridized carbons (Fsp3) is 0.542. The van der Waals surface area contributed by atoms with E-state index in [0.717, 1.165) is 57.2 Å². The van der Waals surface area contributed by atoms with Gasteiger partial charge in [-0.25, -0.2) is 4.99 Å². The van der Waals surface area contributed by atoms with Crippen LogP contribution in [0.1, 0.15) is 50.0 Å². The number of furan rings is 1. The zero-order valence-electron chi connectivity index (χ0n) is 18.7. The summed E-state index contributed by atoms with van der Waals surface area (Å²) in [5, 5.41) is 16.1. The number of hydrogen-bond acceptors (Lipinski definition) is 4. The summed E-state index contributed by atoms with van der Waals surface area (Å²) >= 11 is 0. The molecular weight excluding hydrogens is 376 g/mol. The molecule has 1 unspecified atom stereocenters. The lowest BCUT2D eigenvalue weighted by atomic mass is 10.0. The third-order valence-corrected chi connectivity index (χ3v) is 5.11. The minimum Gasteiger partial charge on any atom is -0.468 e. The van der Waals surface area contributed by atoms with Gasteiger partial charge in [0.1, 0.15) is 5.76 Å². The standard InChI is InChI=1S/C24H38N4O2/c1-4-9-20(13-14-29)16-26-24(25-5-2)27-17-21-10-6-7-11-22(21)18-28(3)19-23-12-8-15-30-23/h6-8,10-12,15,20,29H,4-5,9,13-14,16-19H2,1-3H3,(H2,25,26,27). The maximum absolute atomic E-state index is 9.28. The van der Waals surface area contributed by atoms with Gasteiger partial charge >= 0.3 is 0 Å². The van der Waals surface area contributed by atoms with E-state index in [1.165, 1.54) is 11.1 Å². The predicted octanol–water partition coefficient (Wildman–Crippen LogP) is 3.77. The van der Waals surface area contributed by atoms with Gasteiger partial charge in [0.05, 0.1) is 19.4 Å². The first-order chi connectivity index (χ1) is 14.7. The highest BCUT2D eigenvalue weighted by Crippen LogP contribution is 2.14. The largest absolute Gasteiger partial charge is 0.468 e. The molecule has 0 amide bonds. The maximum atomic E-state index is 9.28. The van der Waals surface area contributed by atoms with Crippen molar-refractivity contribution in [1.82, 2.24) is 15.5 Å². The van der Waals surface area contributed by atoms with Crippen LogP contribution in [0.2, 0.25) is 0 Å². The molecule has 2 aromatic rings. The molecule has 1 aromatic heterocycles. The van der Waals surface area contributed by atoms with Crippen molar-refractivity contribution >= 4 is 5.96 Å². The van der Waals surface area contributed by atoms with Crippen molar-refractivity contribution in [2.24, 2.45) is 10.9 Å². The second-order valence-corrected chi connectivity index (χ2v) is 7.76. The van der Waals surface area contributed by atoms with E-state index in [1.54, 1.807) is 6.26 Å². The highest BCUT2D eigenvalue weighted by atomic mass is 16.3. The average molecular weight is 415 g/mol. The molecule has 0 saturated heterocycles. The van der Waals surface area contributed by atoms with Crippen LogP contribution in [0.25, 0.3) is 0 Å². The van der Waals surface area contributed by atoms with Gasteiger partial charge in [-0.3, -0.25) is 4.90 Å². The summed E-state index contributed by atoms with van der Waals surface area (Å²) in [5.74, 6) is 2.26. The van der Waals surface area contributed by atoms with Crippen molar-refractivity contribution in [3.63, 3.8) is 0 Å². The number of aliphatic imine (C=N–C) groups is 1. The van der Waals surface area contributed by atoms with Gasteiger partial charge in [-0.15, -0.1) is 0 Å². The second kappa shape index (κ2) is 13.8. The van der Waals surface area contributed by atoms with E-state index in [-0.39, 0.29) is 6.61 Å². The Bertz CT molecular complexity index is 725. The summed E-state index contributed by atoms with van der Waals surface area (Å²) in [6.45, 7) is 8.38. The Morgan fingerprint density at radius 2 is 1.87 bits per heavy atom. The summed E-state index contributed by atoms with van der Waals surface area (Å²) in [6.07, 6.45) is 4.77. The molecule has 0 saturated carbocycles. The van der Waals surface area contributed by atoms with Gasteiger partial charge in [-0.1, -0.05) is 37.6 Å². The average Bonchev–Trinajstić information content (AvgIpc) is 3.24. The molecule has 0 spiro atoms. The first-order valence-electron chi connectivity index (χ1n) is 11.1. The lowest BCUT2D eigenvalue weighted by Gasteiger charge is -2.19. The van der Waals surface area contributed by atoms with E-state index < -0.39 is 0 Å². The van der Waals surface area contributed by atoms with Gasteiger partial charge in [0.25, 0.3) is 0 Å². The first kappa shape index (κ1) is 24.0. The normalized spacial score (nSPS) is 12.9. The van der Waals surface area contributed by atoms with Crippen molar-refractivity contribution in [1.29, 1.82) is 0 Å². The molecule has 6 heteroatoms. The lowest BCUT2D eigenvalue weighted by molar-refractivity contribution is 0.251. The van der Waals surface area contributed by atoms with E-state index in [0.29, 0.717) is 12.5 Å². The van der Waals surface area contributed by atoms with Crippen LogP contribution in [0.4, 0.5) is 0 Å². The number of guanidine groups is 1. The Hall–Kier alpha value is -2.31. The molecule has 2 rings (SSSR count). The van der Waals surface area contributed by atoms with Crippen molar-refractivity contribution in [2.75, 3.05) is 26.7 Å². The quantitative estimate of drug-likeness (QED) is 0.344.